The summed E-state index contributed by atoms with van der Waals surface area (Å²) in [5, 5.41) is 0. The van der Waals surface area contributed by atoms with Crippen LogP contribution >= 0.6 is 0 Å². The van der Waals surface area contributed by atoms with Gasteiger partial charge in [-0.05, 0) is 43.4 Å². The second-order valence-electron chi connectivity index (χ2n) is 8.95. The van der Waals surface area contributed by atoms with Gasteiger partial charge < -0.3 is 14.5 Å². The second-order valence-corrected chi connectivity index (χ2v) is 10.9. The van der Waals surface area contributed by atoms with Crippen LogP contribution in [0.5, 0.6) is 0 Å². The first-order chi connectivity index (χ1) is 15.3. The maximum absolute atomic E-state index is 13.1. The average Bonchev–Trinajstić information content (AvgIpc) is 3.21. The number of nitrogens with zero attached hydrogens (tertiary/aromatic N) is 3. The van der Waals surface area contributed by atoms with Crippen LogP contribution in [0.15, 0.2) is 29.2 Å². The molecule has 2 heterocycles. The molecule has 0 atom stereocenters. The van der Waals surface area contributed by atoms with Gasteiger partial charge in [-0.1, -0.05) is 32.8 Å². The molecular weight excluding hydrogens is 430 g/mol. The van der Waals surface area contributed by atoms with Crippen molar-refractivity contribution >= 4 is 22.0 Å². The zero-order valence-corrected chi connectivity index (χ0v) is 20.0. The minimum Gasteiger partial charge on any atom is -0.449 e. The number of ether oxygens (including phenoxy) is 1. The molecule has 8 nitrogen and oxygen atoms in total. The zero-order chi connectivity index (χ0) is 23.1. The second kappa shape index (κ2) is 11.1. The molecule has 0 unspecified atom stereocenters. The molecule has 2 saturated heterocycles. The van der Waals surface area contributed by atoms with Crippen LogP contribution in [0.1, 0.15) is 56.3 Å². The van der Waals surface area contributed by atoms with Crippen LogP contribution in [-0.4, -0.2) is 80.4 Å². The van der Waals surface area contributed by atoms with Crippen molar-refractivity contribution in [3.63, 3.8) is 0 Å². The molecule has 0 bridgehead atoms. The lowest BCUT2D eigenvalue weighted by Crippen LogP contribution is -2.38. The Morgan fingerprint density at radius 3 is 2.25 bits per heavy atom. The third kappa shape index (κ3) is 6.22. The topological polar surface area (TPSA) is 87.2 Å². The maximum Gasteiger partial charge on any atom is 0.409 e. The molecule has 1 aromatic rings. The molecule has 2 amide bonds. The largest absolute Gasteiger partial charge is 0.449 e. The highest BCUT2D eigenvalue weighted by Gasteiger charge is 2.28. The van der Waals surface area contributed by atoms with Gasteiger partial charge in [0.05, 0.1) is 11.5 Å². The Balaban J connectivity index is 1.67. The van der Waals surface area contributed by atoms with Crippen LogP contribution in [0.3, 0.4) is 0 Å². The van der Waals surface area contributed by atoms with E-state index in [4.69, 9.17) is 4.74 Å². The van der Waals surface area contributed by atoms with E-state index in [1.165, 1.54) is 10.4 Å². The van der Waals surface area contributed by atoms with Crippen LogP contribution in [0.25, 0.3) is 0 Å². The Labute approximate surface area is 191 Å². The smallest absolute Gasteiger partial charge is 0.409 e. The highest BCUT2D eigenvalue weighted by Crippen LogP contribution is 2.22. The van der Waals surface area contributed by atoms with Crippen molar-refractivity contribution in [3.8, 4) is 0 Å². The van der Waals surface area contributed by atoms with Crippen molar-refractivity contribution in [1.82, 2.24) is 14.1 Å². The molecule has 178 valence electrons. The molecule has 0 saturated carbocycles. The van der Waals surface area contributed by atoms with Crippen molar-refractivity contribution in [3.05, 3.63) is 29.8 Å². The fourth-order valence-corrected chi connectivity index (χ4v) is 5.60. The van der Waals surface area contributed by atoms with Gasteiger partial charge in [-0.2, -0.15) is 4.31 Å². The van der Waals surface area contributed by atoms with Crippen LogP contribution in [0.2, 0.25) is 0 Å². The normalized spacial score (nSPS) is 18.8. The molecule has 9 heteroatoms. The maximum atomic E-state index is 13.1. The quantitative estimate of drug-likeness (QED) is 0.667. The Hall–Kier alpha value is -2.13. The molecule has 2 aliphatic rings. The van der Waals surface area contributed by atoms with Gasteiger partial charge in [0.2, 0.25) is 10.0 Å². The summed E-state index contributed by atoms with van der Waals surface area (Å²) in [6.07, 6.45) is 4.11. The number of carbonyl (C=O) groups is 2. The third-order valence-corrected chi connectivity index (χ3v) is 7.76. The van der Waals surface area contributed by atoms with Crippen molar-refractivity contribution in [2.45, 2.75) is 50.8 Å². The summed E-state index contributed by atoms with van der Waals surface area (Å²) in [6.45, 7) is 7.21. The Bertz CT molecular complexity index is 895. The fourth-order valence-electron chi connectivity index (χ4n) is 4.04. The molecule has 32 heavy (non-hydrogen) atoms. The first-order valence-electron chi connectivity index (χ1n) is 11.6. The first-order valence-corrected chi connectivity index (χ1v) is 13.0. The van der Waals surface area contributed by atoms with Gasteiger partial charge in [0, 0.05) is 44.8 Å². The van der Waals surface area contributed by atoms with E-state index in [0.29, 0.717) is 57.9 Å². The lowest BCUT2D eigenvalue weighted by Gasteiger charge is -2.23. The standard InChI is InChI=1S/C23H35N3O5S/c1-19(2)18-31-23(28)25-12-8-11-24(15-16-25)22(27)20-9-7-10-21(17-20)32(29,30)26-13-5-3-4-6-14-26/h7,9-10,17,19H,3-6,8,11-16,18H2,1-2H3. The Kier molecular flexibility index (Phi) is 8.53. The lowest BCUT2D eigenvalue weighted by atomic mass is 10.2. The summed E-state index contributed by atoms with van der Waals surface area (Å²) in [5.41, 5.74) is 0.358. The third-order valence-electron chi connectivity index (χ3n) is 5.87. The lowest BCUT2D eigenvalue weighted by molar-refractivity contribution is 0.0746. The van der Waals surface area contributed by atoms with E-state index in [0.717, 1.165) is 25.7 Å². The summed E-state index contributed by atoms with van der Waals surface area (Å²) in [6, 6.07) is 6.34. The number of benzene rings is 1. The minimum atomic E-state index is -3.62. The van der Waals surface area contributed by atoms with E-state index < -0.39 is 10.0 Å². The SMILES string of the molecule is CC(C)COC(=O)N1CCCN(C(=O)c2cccc(S(=O)(=O)N3CCCCCC3)c2)CC1. The molecule has 2 fully saturated rings. The number of hydrogen-bond donors (Lipinski definition) is 0. The molecular formula is C23H35N3O5S. The predicted molar refractivity (Wildman–Crippen MR) is 122 cm³/mol. The molecule has 1 aromatic carbocycles. The number of carbonyl (C=O) groups excluding carboxylic acids is 2. The number of amides is 2. The molecule has 0 aromatic heterocycles. The van der Waals surface area contributed by atoms with Gasteiger partial charge >= 0.3 is 6.09 Å². The van der Waals surface area contributed by atoms with Gasteiger partial charge in [-0.3, -0.25) is 4.79 Å². The zero-order valence-electron chi connectivity index (χ0n) is 19.2. The summed E-state index contributed by atoms with van der Waals surface area (Å²) in [7, 11) is -3.62. The molecule has 0 N–H and O–H groups in total. The van der Waals surface area contributed by atoms with Crippen molar-refractivity contribution < 1.29 is 22.7 Å². The Morgan fingerprint density at radius 1 is 0.906 bits per heavy atom. The van der Waals surface area contributed by atoms with Crippen molar-refractivity contribution in [2.75, 3.05) is 45.9 Å². The average molecular weight is 466 g/mol. The van der Waals surface area contributed by atoms with E-state index in [9.17, 15) is 18.0 Å². The van der Waals surface area contributed by atoms with Crippen LogP contribution < -0.4 is 0 Å². The minimum absolute atomic E-state index is 0.166. The van der Waals surface area contributed by atoms with E-state index in [1.54, 1.807) is 28.0 Å². The monoisotopic (exact) mass is 465 g/mol. The van der Waals surface area contributed by atoms with E-state index in [-0.39, 0.29) is 22.8 Å². The van der Waals surface area contributed by atoms with Crippen LogP contribution in [0.4, 0.5) is 4.79 Å². The summed E-state index contributed by atoms with van der Waals surface area (Å²) in [5.74, 6) is 0.0530. The van der Waals surface area contributed by atoms with E-state index in [2.05, 4.69) is 0 Å². The highest BCUT2D eigenvalue weighted by atomic mass is 32.2. The highest BCUT2D eigenvalue weighted by molar-refractivity contribution is 7.89. The summed E-state index contributed by atoms with van der Waals surface area (Å²) < 4.78 is 33.1. The number of rotatable bonds is 5. The van der Waals surface area contributed by atoms with E-state index in [1.807, 2.05) is 13.8 Å². The van der Waals surface area contributed by atoms with Gasteiger partial charge in [-0.25, -0.2) is 13.2 Å². The van der Waals surface area contributed by atoms with Crippen molar-refractivity contribution in [2.24, 2.45) is 5.92 Å². The predicted octanol–water partition coefficient (Wildman–Crippen LogP) is 3.19. The van der Waals surface area contributed by atoms with Gasteiger partial charge in [0.25, 0.3) is 5.91 Å². The molecule has 0 radical (unpaired) electrons. The number of sulfonamides is 1. The van der Waals surface area contributed by atoms with Gasteiger partial charge in [0.15, 0.2) is 0 Å². The summed E-state index contributed by atoms with van der Waals surface area (Å²) in [4.78, 5) is 28.9. The van der Waals surface area contributed by atoms with Gasteiger partial charge in [-0.15, -0.1) is 0 Å². The molecule has 2 aliphatic heterocycles. The van der Waals surface area contributed by atoms with E-state index >= 15 is 0 Å². The van der Waals surface area contributed by atoms with Gasteiger partial charge in [0.1, 0.15) is 0 Å². The summed E-state index contributed by atoms with van der Waals surface area (Å²) >= 11 is 0. The van der Waals surface area contributed by atoms with Crippen LogP contribution in [-0.2, 0) is 14.8 Å². The Morgan fingerprint density at radius 2 is 1.56 bits per heavy atom. The first kappa shape index (κ1) is 24.5. The molecule has 3 rings (SSSR count). The molecule has 0 spiro atoms. The fraction of sp³-hybridized carbons (Fsp3) is 0.652. The molecule has 0 aliphatic carbocycles. The van der Waals surface area contributed by atoms with Crippen molar-refractivity contribution in [1.29, 1.82) is 0 Å². The number of hydrogen-bond acceptors (Lipinski definition) is 5. The van der Waals surface area contributed by atoms with Crippen LogP contribution in [0, 0.1) is 5.92 Å².